The van der Waals surface area contributed by atoms with Crippen LogP contribution in [0.3, 0.4) is 0 Å². The fourth-order valence-corrected chi connectivity index (χ4v) is 3.53. The summed E-state index contributed by atoms with van der Waals surface area (Å²) in [7, 11) is 1.82. The Kier molecular flexibility index (Phi) is 2.94. The quantitative estimate of drug-likeness (QED) is 0.890. The lowest BCUT2D eigenvalue weighted by Gasteiger charge is -2.52. The molecule has 0 spiro atoms. The zero-order valence-electron chi connectivity index (χ0n) is 11.5. The van der Waals surface area contributed by atoms with E-state index < -0.39 is 0 Å². The molecule has 2 fully saturated rings. The largest absolute Gasteiger partial charge is 0.381 e. The van der Waals surface area contributed by atoms with E-state index in [1.54, 1.807) is 0 Å². The SMILES string of the molecule is COC1CC(n2cncc2C2CCNC2)C1(C)C. The van der Waals surface area contributed by atoms with Crippen LogP contribution in [0.2, 0.25) is 0 Å². The van der Waals surface area contributed by atoms with E-state index in [0.717, 1.165) is 19.5 Å². The van der Waals surface area contributed by atoms with Crippen molar-refractivity contribution in [1.82, 2.24) is 14.9 Å². The molecule has 3 rings (SSSR count). The van der Waals surface area contributed by atoms with Crippen molar-refractivity contribution in [3.05, 3.63) is 18.2 Å². The van der Waals surface area contributed by atoms with Crippen LogP contribution in [-0.4, -0.2) is 35.9 Å². The van der Waals surface area contributed by atoms with Gasteiger partial charge in [-0.15, -0.1) is 0 Å². The van der Waals surface area contributed by atoms with E-state index in [1.165, 1.54) is 12.1 Å². The Morgan fingerprint density at radius 1 is 1.50 bits per heavy atom. The third-order valence-electron chi connectivity index (χ3n) is 4.92. The molecule has 1 saturated heterocycles. The van der Waals surface area contributed by atoms with Crippen LogP contribution in [0, 0.1) is 5.41 Å². The topological polar surface area (TPSA) is 39.1 Å². The van der Waals surface area contributed by atoms with E-state index >= 15 is 0 Å². The molecule has 0 radical (unpaired) electrons. The molecule has 4 heteroatoms. The Bertz CT molecular complexity index is 420. The van der Waals surface area contributed by atoms with Crippen molar-refractivity contribution in [2.45, 2.75) is 44.8 Å². The molecule has 1 N–H and O–H groups in total. The van der Waals surface area contributed by atoms with Crippen molar-refractivity contribution in [3.63, 3.8) is 0 Å². The smallest absolute Gasteiger partial charge is 0.0951 e. The minimum Gasteiger partial charge on any atom is -0.381 e. The van der Waals surface area contributed by atoms with Crippen molar-refractivity contribution in [2.75, 3.05) is 20.2 Å². The molecule has 2 aliphatic rings. The van der Waals surface area contributed by atoms with Crippen LogP contribution in [0.4, 0.5) is 0 Å². The number of hydrogen-bond acceptors (Lipinski definition) is 3. The van der Waals surface area contributed by atoms with Gasteiger partial charge in [-0.2, -0.15) is 0 Å². The van der Waals surface area contributed by atoms with Gasteiger partial charge in [-0.05, 0) is 19.4 Å². The summed E-state index contributed by atoms with van der Waals surface area (Å²) in [5.74, 6) is 0.630. The average Bonchev–Trinajstić information content (AvgIpc) is 2.97. The third-order valence-corrected chi connectivity index (χ3v) is 4.92. The molecule has 1 aromatic rings. The minimum absolute atomic E-state index is 0.205. The van der Waals surface area contributed by atoms with Crippen molar-refractivity contribution >= 4 is 0 Å². The summed E-state index contributed by atoms with van der Waals surface area (Å²) in [6.45, 7) is 6.81. The zero-order valence-corrected chi connectivity index (χ0v) is 11.5. The van der Waals surface area contributed by atoms with Crippen molar-refractivity contribution < 1.29 is 4.74 Å². The molecule has 2 heterocycles. The Balaban J connectivity index is 1.83. The monoisotopic (exact) mass is 249 g/mol. The third kappa shape index (κ3) is 1.70. The highest BCUT2D eigenvalue weighted by molar-refractivity contribution is 5.14. The predicted octanol–water partition coefficient (Wildman–Crippen LogP) is 1.95. The zero-order chi connectivity index (χ0) is 12.8. The van der Waals surface area contributed by atoms with Gasteiger partial charge in [0.15, 0.2) is 0 Å². The number of aromatic nitrogens is 2. The summed E-state index contributed by atoms with van der Waals surface area (Å²) in [5, 5.41) is 3.44. The van der Waals surface area contributed by atoms with Crippen molar-refractivity contribution in [2.24, 2.45) is 5.41 Å². The summed E-state index contributed by atoms with van der Waals surface area (Å²) in [6.07, 6.45) is 6.76. The summed E-state index contributed by atoms with van der Waals surface area (Å²) < 4.78 is 7.94. The molecule has 4 nitrogen and oxygen atoms in total. The maximum absolute atomic E-state index is 5.55. The minimum atomic E-state index is 0.205. The van der Waals surface area contributed by atoms with Crippen LogP contribution in [0.1, 0.15) is 44.3 Å². The van der Waals surface area contributed by atoms with Gasteiger partial charge in [0, 0.05) is 42.9 Å². The summed E-state index contributed by atoms with van der Waals surface area (Å²) >= 11 is 0. The first-order valence-corrected chi connectivity index (χ1v) is 6.90. The Hall–Kier alpha value is -0.870. The first kappa shape index (κ1) is 12.2. The lowest BCUT2D eigenvalue weighted by atomic mass is 9.64. The number of imidazole rings is 1. The van der Waals surface area contributed by atoms with E-state index in [9.17, 15) is 0 Å². The van der Waals surface area contributed by atoms with Crippen LogP contribution in [0.25, 0.3) is 0 Å². The second kappa shape index (κ2) is 4.35. The predicted molar refractivity (Wildman–Crippen MR) is 70.7 cm³/mol. The van der Waals surface area contributed by atoms with Gasteiger partial charge in [0.1, 0.15) is 0 Å². The second-order valence-electron chi connectivity index (χ2n) is 6.21. The lowest BCUT2D eigenvalue weighted by molar-refractivity contribution is -0.113. The maximum Gasteiger partial charge on any atom is 0.0951 e. The van der Waals surface area contributed by atoms with Crippen LogP contribution in [0.5, 0.6) is 0 Å². The van der Waals surface area contributed by atoms with Gasteiger partial charge in [0.2, 0.25) is 0 Å². The summed E-state index contributed by atoms with van der Waals surface area (Å²) in [4.78, 5) is 4.38. The van der Waals surface area contributed by atoms with E-state index in [4.69, 9.17) is 4.74 Å². The number of nitrogens with zero attached hydrogens (tertiary/aromatic N) is 2. The molecule has 0 bridgehead atoms. The molecule has 100 valence electrons. The van der Waals surface area contributed by atoms with E-state index in [0.29, 0.717) is 18.1 Å². The van der Waals surface area contributed by atoms with Crippen LogP contribution >= 0.6 is 0 Å². The molecular weight excluding hydrogens is 226 g/mol. The van der Waals surface area contributed by atoms with Crippen LogP contribution < -0.4 is 5.32 Å². The van der Waals surface area contributed by atoms with E-state index in [-0.39, 0.29) is 5.41 Å². The molecule has 18 heavy (non-hydrogen) atoms. The summed E-state index contributed by atoms with van der Waals surface area (Å²) in [5.41, 5.74) is 1.60. The summed E-state index contributed by atoms with van der Waals surface area (Å²) in [6, 6.07) is 0.528. The van der Waals surface area contributed by atoms with E-state index in [2.05, 4.69) is 28.7 Å². The molecular formula is C14H23N3O. The normalized spacial score (nSPS) is 34.5. The lowest BCUT2D eigenvalue weighted by Crippen LogP contribution is -2.51. The standard InChI is InChI=1S/C14H23N3O/c1-14(2)12(6-13(14)18-3)17-9-16-8-11(17)10-4-5-15-7-10/h8-10,12-13,15H,4-7H2,1-3H3. The van der Waals surface area contributed by atoms with Crippen LogP contribution in [0.15, 0.2) is 12.5 Å². The number of ether oxygens (including phenoxy) is 1. The second-order valence-corrected chi connectivity index (χ2v) is 6.21. The van der Waals surface area contributed by atoms with Gasteiger partial charge in [0.05, 0.1) is 12.4 Å². The van der Waals surface area contributed by atoms with Gasteiger partial charge >= 0.3 is 0 Å². The van der Waals surface area contributed by atoms with Gasteiger partial charge in [-0.3, -0.25) is 0 Å². The van der Waals surface area contributed by atoms with Crippen molar-refractivity contribution in [3.8, 4) is 0 Å². The van der Waals surface area contributed by atoms with Crippen LogP contribution in [-0.2, 0) is 4.74 Å². The number of methoxy groups -OCH3 is 1. The Morgan fingerprint density at radius 2 is 2.33 bits per heavy atom. The maximum atomic E-state index is 5.55. The van der Waals surface area contributed by atoms with E-state index in [1.807, 2.05) is 19.6 Å². The number of rotatable bonds is 3. The molecule has 3 unspecified atom stereocenters. The Labute approximate surface area is 109 Å². The van der Waals surface area contributed by atoms with Gasteiger partial charge < -0.3 is 14.6 Å². The van der Waals surface area contributed by atoms with Crippen molar-refractivity contribution in [1.29, 1.82) is 0 Å². The number of hydrogen-bond donors (Lipinski definition) is 1. The number of nitrogens with one attached hydrogen (secondary N) is 1. The fraction of sp³-hybridized carbons (Fsp3) is 0.786. The molecule has 3 atom stereocenters. The highest BCUT2D eigenvalue weighted by Crippen LogP contribution is 2.51. The molecule has 1 aliphatic carbocycles. The first-order valence-electron chi connectivity index (χ1n) is 6.90. The highest BCUT2D eigenvalue weighted by Gasteiger charge is 2.50. The fourth-order valence-electron chi connectivity index (χ4n) is 3.53. The van der Waals surface area contributed by atoms with Gasteiger partial charge in [0.25, 0.3) is 0 Å². The van der Waals surface area contributed by atoms with Gasteiger partial charge in [-0.25, -0.2) is 4.98 Å². The molecule has 0 aromatic carbocycles. The molecule has 0 amide bonds. The Morgan fingerprint density at radius 3 is 2.94 bits per heavy atom. The molecule has 1 saturated carbocycles. The highest BCUT2D eigenvalue weighted by atomic mass is 16.5. The first-order chi connectivity index (χ1) is 8.64. The molecule has 1 aliphatic heterocycles. The molecule has 1 aromatic heterocycles. The average molecular weight is 249 g/mol. The van der Waals surface area contributed by atoms with Gasteiger partial charge in [-0.1, -0.05) is 13.8 Å².